The van der Waals surface area contributed by atoms with Crippen LogP contribution >= 0.6 is 0 Å². The molecule has 0 unspecified atom stereocenters. The van der Waals surface area contributed by atoms with Gasteiger partial charge in [-0.3, -0.25) is 0 Å². The summed E-state index contributed by atoms with van der Waals surface area (Å²) in [5.41, 5.74) is 1.79. The van der Waals surface area contributed by atoms with Crippen LogP contribution in [-0.4, -0.2) is 18.3 Å². The smallest absolute Gasteiger partial charge is 0.195 e. The first kappa shape index (κ1) is 9.49. The fourth-order valence-electron chi connectivity index (χ4n) is 1.68. The molecule has 1 aromatic rings. The quantitative estimate of drug-likeness (QED) is 0.742. The van der Waals surface area contributed by atoms with Crippen molar-refractivity contribution >= 4 is 0 Å². The molecule has 1 saturated heterocycles. The van der Waals surface area contributed by atoms with Crippen LogP contribution in [0.4, 0.5) is 0 Å². The van der Waals surface area contributed by atoms with Gasteiger partial charge in [0.1, 0.15) is 5.75 Å². The average Bonchev–Trinajstić information content (AvgIpc) is 2.58. The lowest BCUT2D eigenvalue weighted by atomic mass is 10.0. The molecule has 1 aliphatic heterocycles. The van der Waals surface area contributed by atoms with Gasteiger partial charge >= 0.3 is 0 Å². The number of aryl methyl sites for hydroxylation is 1. The first-order chi connectivity index (χ1) is 6.62. The lowest BCUT2D eigenvalue weighted by molar-refractivity contribution is -0.150. The summed E-state index contributed by atoms with van der Waals surface area (Å²) in [7, 11) is 0. The van der Waals surface area contributed by atoms with E-state index in [4.69, 9.17) is 9.47 Å². The maximum Gasteiger partial charge on any atom is 0.195 e. The molecule has 0 aliphatic carbocycles. The Kier molecular flexibility index (Phi) is 2.21. The van der Waals surface area contributed by atoms with E-state index in [1.54, 1.807) is 6.07 Å². The summed E-state index contributed by atoms with van der Waals surface area (Å²) >= 11 is 0. The van der Waals surface area contributed by atoms with Gasteiger partial charge < -0.3 is 14.6 Å². The molecule has 3 nitrogen and oxygen atoms in total. The van der Waals surface area contributed by atoms with E-state index in [0.29, 0.717) is 18.8 Å². The van der Waals surface area contributed by atoms with Gasteiger partial charge in [-0.05, 0) is 26.0 Å². The van der Waals surface area contributed by atoms with E-state index in [-0.39, 0.29) is 5.75 Å². The number of hydrogen-bond acceptors (Lipinski definition) is 3. The Hall–Kier alpha value is -1.06. The van der Waals surface area contributed by atoms with Gasteiger partial charge in [0.15, 0.2) is 5.79 Å². The molecule has 0 spiro atoms. The molecule has 1 aliphatic rings. The fraction of sp³-hybridized carbons (Fsp3) is 0.455. The van der Waals surface area contributed by atoms with E-state index < -0.39 is 5.79 Å². The second-order valence-corrected chi connectivity index (χ2v) is 3.66. The molecule has 2 rings (SSSR count). The largest absolute Gasteiger partial charge is 0.507 e. The number of benzene rings is 1. The topological polar surface area (TPSA) is 38.7 Å². The van der Waals surface area contributed by atoms with Crippen LogP contribution in [0.15, 0.2) is 18.2 Å². The van der Waals surface area contributed by atoms with Crippen LogP contribution in [0, 0.1) is 6.92 Å². The molecule has 14 heavy (non-hydrogen) atoms. The molecular formula is C11H14O3. The lowest BCUT2D eigenvalue weighted by Crippen LogP contribution is -2.22. The second-order valence-electron chi connectivity index (χ2n) is 3.66. The van der Waals surface area contributed by atoms with Crippen molar-refractivity contribution < 1.29 is 14.6 Å². The maximum absolute atomic E-state index is 9.70. The van der Waals surface area contributed by atoms with E-state index in [9.17, 15) is 5.11 Å². The van der Waals surface area contributed by atoms with E-state index in [0.717, 1.165) is 5.56 Å². The summed E-state index contributed by atoms with van der Waals surface area (Å²) in [6.45, 7) is 4.95. The molecular weight excluding hydrogens is 180 g/mol. The zero-order chi connectivity index (χ0) is 10.2. The maximum atomic E-state index is 9.70. The molecule has 0 saturated carbocycles. The normalized spacial score (nSPS) is 19.9. The highest BCUT2D eigenvalue weighted by atomic mass is 16.7. The number of rotatable bonds is 1. The number of ether oxygens (including phenoxy) is 2. The van der Waals surface area contributed by atoms with E-state index >= 15 is 0 Å². The number of hydrogen-bond donors (Lipinski definition) is 1. The highest BCUT2D eigenvalue weighted by molar-refractivity contribution is 5.38. The molecule has 0 amide bonds. The van der Waals surface area contributed by atoms with Crippen LogP contribution in [0.25, 0.3) is 0 Å². The van der Waals surface area contributed by atoms with Gasteiger partial charge in [0.25, 0.3) is 0 Å². The third-order valence-corrected chi connectivity index (χ3v) is 2.48. The van der Waals surface area contributed by atoms with Gasteiger partial charge in [-0.1, -0.05) is 11.6 Å². The molecule has 1 heterocycles. The Bertz CT molecular complexity index is 340. The van der Waals surface area contributed by atoms with Gasteiger partial charge in [0, 0.05) is 0 Å². The monoisotopic (exact) mass is 194 g/mol. The molecule has 0 bridgehead atoms. The molecule has 1 aromatic carbocycles. The Morgan fingerprint density at radius 1 is 1.29 bits per heavy atom. The first-order valence-corrected chi connectivity index (χ1v) is 4.70. The van der Waals surface area contributed by atoms with E-state index in [1.165, 1.54) is 0 Å². The number of phenolic OH excluding ortho intramolecular Hbond substituents is 1. The fourth-order valence-corrected chi connectivity index (χ4v) is 1.68. The van der Waals surface area contributed by atoms with Crippen LogP contribution < -0.4 is 0 Å². The predicted molar refractivity (Wildman–Crippen MR) is 52.1 cm³/mol. The van der Waals surface area contributed by atoms with Crippen molar-refractivity contribution in [3.8, 4) is 5.75 Å². The molecule has 3 heteroatoms. The zero-order valence-electron chi connectivity index (χ0n) is 8.41. The van der Waals surface area contributed by atoms with E-state index in [2.05, 4.69) is 0 Å². The molecule has 0 aromatic heterocycles. The minimum Gasteiger partial charge on any atom is -0.507 e. The van der Waals surface area contributed by atoms with Gasteiger partial charge in [0.05, 0.1) is 18.8 Å². The van der Waals surface area contributed by atoms with E-state index in [1.807, 2.05) is 26.0 Å². The average molecular weight is 194 g/mol. The number of aromatic hydroxyl groups is 1. The summed E-state index contributed by atoms with van der Waals surface area (Å²) < 4.78 is 11.0. The summed E-state index contributed by atoms with van der Waals surface area (Å²) in [6, 6.07) is 5.42. The second kappa shape index (κ2) is 3.26. The molecule has 1 fully saturated rings. The van der Waals surface area contributed by atoms with Gasteiger partial charge in [0.2, 0.25) is 0 Å². The van der Waals surface area contributed by atoms with Crippen molar-refractivity contribution in [1.82, 2.24) is 0 Å². The predicted octanol–water partition coefficient (Wildman–Crippen LogP) is 1.92. The minimum absolute atomic E-state index is 0.222. The standard InChI is InChI=1S/C11H14O3/c1-8-3-4-10(12)9(7-8)11(2)13-5-6-14-11/h3-4,7,12H,5-6H2,1-2H3. The van der Waals surface area contributed by atoms with Crippen molar-refractivity contribution in [2.75, 3.05) is 13.2 Å². The van der Waals surface area contributed by atoms with Gasteiger partial charge in [-0.2, -0.15) is 0 Å². The summed E-state index contributed by atoms with van der Waals surface area (Å²) in [5, 5.41) is 9.70. The Morgan fingerprint density at radius 2 is 1.93 bits per heavy atom. The molecule has 76 valence electrons. The molecule has 1 N–H and O–H groups in total. The number of phenols is 1. The third kappa shape index (κ3) is 1.49. The van der Waals surface area contributed by atoms with Crippen LogP contribution in [0.1, 0.15) is 18.1 Å². The summed E-state index contributed by atoms with van der Waals surface area (Å²) in [5.74, 6) is -0.559. The lowest BCUT2D eigenvalue weighted by Gasteiger charge is -2.23. The Morgan fingerprint density at radius 3 is 2.57 bits per heavy atom. The first-order valence-electron chi connectivity index (χ1n) is 4.70. The van der Waals surface area contributed by atoms with Crippen LogP contribution in [-0.2, 0) is 15.3 Å². The molecule has 0 radical (unpaired) electrons. The Labute approximate surface area is 83.3 Å². The third-order valence-electron chi connectivity index (χ3n) is 2.48. The van der Waals surface area contributed by atoms with Crippen LogP contribution in [0.3, 0.4) is 0 Å². The summed E-state index contributed by atoms with van der Waals surface area (Å²) in [4.78, 5) is 0. The molecule has 0 atom stereocenters. The zero-order valence-corrected chi connectivity index (χ0v) is 8.41. The van der Waals surface area contributed by atoms with Crippen molar-refractivity contribution in [2.24, 2.45) is 0 Å². The van der Waals surface area contributed by atoms with Crippen molar-refractivity contribution in [3.05, 3.63) is 29.3 Å². The highest BCUT2D eigenvalue weighted by Crippen LogP contribution is 2.36. The van der Waals surface area contributed by atoms with Gasteiger partial charge in [-0.15, -0.1) is 0 Å². The SMILES string of the molecule is Cc1ccc(O)c(C2(C)OCCO2)c1. The van der Waals surface area contributed by atoms with Crippen molar-refractivity contribution in [1.29, 1.82) is 0 Å². The minimum atomic E-state index is -0.782. The summed E-state index contributed by atoms with van der Waals surface area (Å²) in [6.07, 6.45) is 0. The van der Waals surface area contributed by atoms with Crippen molar-refractivity contribution in [3.63, 3.8) is 0 Å². The van der Waals surface area contributed by atoms with Crippen LogP contribution in [0.5, 0.6) is 5.75 Å². The van der Waals surface area contributed by atoms with Gasteiger partial charge in [-0.25, -0.2) is 0 Å². The highest BCUT2D eigenvalue weighted by Gasteiger charge is 2.35. The Balaban J connectivity index is 2.44. The van der Waals surface area contributed by atoms with Crippen LogP contribution in [0.2, 0.25) is 0 Å². The van der Waals surface area contributed by atoms with Crippen molar-refractivity contribution in [2.45, 2.75) is 19.6 Å².